The molecule has 0 spiro atoms. The molecule has 4 nitrogen and oxygen atoms in total. The molecule has 24 heavy (non-hydrogen) atoms. The Morgan fingerprint density at radius 3 is 2.29 bits per heavy atom. The van der Waals surface area contributed by atoms with E-state index in [1.807, 2.05) is 20.8 Å². The summed E-state index contributed by atoms with van der Waals surface area (Å²) in [6.07, 6.45) is 3.18. The zero-order valence-corrected chi connectivity index (χ0v) is 14.7. The number of aliphatic hydroxyl groups is 1. The number of halogens is 1. The number of hydrogen-bond donors (Lipinski definition) is 2. The first-order valence-corrected chi connectivity index (χ1v) is 8.71. The second-order valence-electron chi connectivity index (χ2n) is 8.30. The number of benzene rings is 1. The van der Waals surface area contributed by atoms with Crippen molar-refractivity contribution < 1.29 is 14.3 Å². The highest BCUT2D eigenvalue weighted by molar-refractivity contribution is 5.78. The van der Waals surface area contributed by atoms with Gasteiger partial charge in [0.05, 0.1) is 12.1 Å². The van der Waals surface area contributed by atoms with Crippen molar-refractivity contribution >= 4 is 5.91 Å². The van der Waals surface area contributed by atoms with Gasteiger partial charge < -0.3 is 10.4 Å². The summed E-state index contributed by atoms with van der Waals surface area (Å²) in [5, 5.41) is 14.1. The molecule has 2 bridgehead atoms. The highest BCUT2D eigenvalue weighted by Gasteiger charge is 2.48. The summed E-state index contributed by atoms with van der Waals surface area (Å²) in [6.45, 7) is 6.31. The molecule has 132 valence electrons. The molecular weight excluding hydrogens is 307 g/mol. The lowest BCUT2D eigenvalue weighted by atomic mass is 9.80. The predicted octanol–water partition coefficient (Wildman–Crippen LogP) is 2.55. The van der Waals surface area contributed by atoms with Gasteiger partial charge in [-0.2, -0.15) is 0 Å². The second-order valence-corrected chi connectivity index (χ2v) is 8.30. The Hall–Kier alpha value is -1.46. The minimum Gasteiger partial charge on any atom is -0.385 e. The van der Waals surface area contributed by atoms with Crippen LogP contribution in [0.1, 0.15) is 52.0 Å². The summed E-state index contributed by atoms with van der Waals surface area (Å²) in [5.74, 6) is -0.256. The van der Waals surface area contributed by atoms with Gasteiger partial charge in [0, 0.05) is 17.6 Å². The standard InChI is InChI=1S/C19H27FN2O2/c1-18(2,3)21-17(23)12-22-15-8-9-16(22)11-19(24,10-15)13-4-6-14(20)7-5-13/h4-7,15-16,24H,8-12H2,1-3H3,(H,21,23). The van der Waals surface area contributed by atoms with Gasteiger partial charge in [0.2, 0.25) is 5.91 Å². The number of nitrogens with zero attached hydrogens (tertiary/aromatic N) is 1. The van der Waals surface area contributed by atoms with E-state index in [4.69, 9.17) is 0 Å². The van der Waals surface area contributed by atoms with Gasteiger partial charge in [0.1, 0.15) is 5.82 Å². The number of rotatable bonds is 3. The van der Waals surface area contributed by atoms with Gasteiger partial charge in [-0.05, 0) is 64.2 Å². The minimum absolute atomic E-state index is 0.0339. The molecule has 2 heterocycles. The molecule has 3 rings (SSSR count). The lowest BCUT2D eigenvalue weighted by Gasteiger charge is -2.44. The number of amides is 1. The van der Waals surface area contributed by atoms with E-state index in [9.17, 15) is 14.3 Å². The topological polar surface area (TPSA) is 52.6 Å². The van der Waals surface area contributed by atoms with Crippen molar-refractivity contribution in [3.05, 3.63) is 35.6 Å². The van der Waals surface area contributed by atoms with Crippen molar-refractivity contribution in [3.8, 4) is 0 Å². The van der Waals surface area contributed by atoms with Crippen molar-refractivity contribution in [2.45, 2.75) is 69.7 Å². The molecule has 0 radical (unpaired) electrons. The monoisotopic (exact) mass is 334 g/mol. The molecule has 2 saturated heterocycles. The van der Waals surface area contributed by atoms with Crippen molar-refractivity contribution in [1.29, 1.82) is 0 Å². The van der Waals surface area contributed by atoms with Crippen LogP contribution in [0, 0.1) is 5.82 Å². The average Bonchev–Trinajstić information content (AvgIpc) is 2.70. The van der Waals surface area contributed by atoms with E-state index in [1.165, 1.54) is 12.1 Å². The molecule has 0 aliphatic carbocycles. The molecule has 5 heteroatoms. The van der Waals surface area contributed by atoms with Crippen LogP contribution >= 0.6 is 0 Å². The fourth-order valence-electron chi connectivity index (χ4n) is 4.19. The third-order valence-corrected chi connectivity index (χ3v) is 5.14. The van der Waals surface area contributed by atoms with E-state index in [0.29, 0.717) is 19.4 Å². The summed E-state index contributed by atoms with van der Waals surface area (Å²) < 4.78 is 13.2. The molecule has 1 aromatic carbocycles. The van der Waals surface area contributed by atoms with Crippen LogP contribution in [0.25, 0.3) is 0 Å². The minimum atomic E-state index is -0.920. The number of carbonyl (C=O) groups is 1. The SMILES string of the molecule is CC(C)(C)NC(=O)CN1C2CCC1CC(O)(c1ccc(F)cc1)C2. The van der Waals surface area contributed by atoms with Crippen molar-refractivity contribution in [2.75, 3.05) is 6.54 Å². The quantitative estimate of drug-likeness (QED) is 0.893. The van der Waals surface area contributed by atoms with E-state index < -0.39 is 5.60 Å². The van der Waals surface area contributed by atoms with Crippen LogP contribution in [-0.2, 0) is 10.4 Å². The number of nitrogens with one attached hydrogen (secondary N) is 1. The first-order valence-electron chi connectivity index (χ1n) is 8.71. The second kappa shape index (κ2) is 6.12. The molecule has 1 amide bonds. The Kier molecular flexibility index (Phi) is 4.43. The fraction of sp³-hybridized carbons (Fsp3) is 0.632. The summed E-state index contributed by atoms with van der Waals surface area (Å²) in [4.78, 5) is 14.5. The van der Waals surface area contributed by atoms with Crippen LogP contribution in [0.3, 0.4) is 0 Å². The first kappa shape index (κ1) is 17.4. The van der Waals surface area contributed by atoms with E-state index >= 15 is 0 Å². The highest BCUT2D eigenvalue weighted by Crippen LogP contribution is 2.45. The summed E-state index contributed by atoms with van der Waals surface area (Å²) in [5.41, 5.74) is -0.378. The molecule has 2 atom stereocenters. The van der Waals surface area contributed by atoms with Crippen molar-refractivity contribution in [3.63, 3.8) is 0 Å². The Bertz CT molecular complexity index is 595. The largest absolute Gasteiger partial charge is 0.385 e. The highest BCUT2D eigenvalue weighted by atomic mass is 19.1. The average molecular weight is 334 g/mol. The van der Waals surface area contributed by atoms with E-state index in [0.717, 1.165) is 18.4 Å². The molecule has 2 N–H and O–H groups in total. The van der Waals surface area contributed by atoms with Gasteiger partial charge in [0.15, 0.2) is 0 Å². The van der Waals surface area contributed by atoms with Crippen molar-refractivity contribution in [2.24, 2.45) is 0 Å². The van der Waals surface area contributed by atoms with Crippen LogP contribution < -0.4 is 5.32 Å². The van der Waals surface area contributed by atoms with Crippen molar-refractivity contribution in [1.82, 2.24) is 10.2 Å². The Balaban J connectivity index is 1.70. The van der Waals surface area contributed by atoms with Gasteiger partial charge >= 0.3 is 0 Å². The lowest BCUT2D eigenvalue weighted by Crippen LogP contribution is -2.54. The van der Waals surface area contributed by atoms with Crippen LogP contribution in [0.2, 0.25) is 0 Å². The Morgan fingerprint density at radius 1 is 1.25 bits per heavy atom. The maximum Gasteiger partial charge on any atom is 0.234 e. The number of hydrogen-bond acceptors (Lipinski definition) is 3. The maximum absolute atomic E-state index is 13.2. The third-order valence-electron chi connectivity index (χ3n) is 5.14. The van der Waals surface area contributed by atoms with Crippen LogP contribution in [-0.4, -0.2) is 40.1 Å². The first-order chi connectivity index (χ1) is 11.2. The third kappa shape index (κ3) is 3.62. The normalized spacial score (nSPS) is 30.4. The smallest absolute Gasteiger partial charge is 0.234 e. The van der Waals surface area contributed by atoms with Gasteiger partial charge in [0.25, 0.3) is 0 Å². The van der Waals surface area contributed by atoms with E-state index in [2.05, 4.69) is 10.2 Å². The number of piperidine rings is 1. The zero-order valence-electron chi connectivity index (χ0n) is 14.7. The van der Waals surface area contributed by atoms with Gasteiger partial charge in [-0.3, -0.25) is 9.69 Å². The molecule has 2 aliphatic heterocycles. The van der Waals surface area contributed by atoms with Crippen LogP contribution in [0.5, 0.6) is 0 Å². The van der Waals surface area contributed by atoms with E-state index in [1.54, 1.807) is 12.1 Å². The Morgan fingerprint density at radius 2 is 1.79 bits per heavy atom. The number of fused-ring (bicyclic) bond motifs is 2. The molecule has 2 aliphatic rings. The Labute approximate surface area is 143 Å². The maximum atomic E-state index is 13.2. The van der Waals surface area contributed by atoms with Gasteiger partial charge in [-0.1, -0.05) is 12.1 Å². The van der Waals surface area contributed by atoms with Gasteiger partial charge in [-0.15, -0.1) is 0 Å². The molecule has 1 aromatic rings. The number of carbonyl (C=O) groups excluding carboxylic acids is 1. The zero-order chi connectivity index (χ0) is 17.5. The molecule has 0 aromatic heterocycles. The van der Waals surface area contributed by atoms with Gasteiger partial charge in [-0.25, -0.2) is 4.39 Å². The van der Waals surface area contributed by atoms with E-state index in [-0.39, 0.29) is 29.3 Å². The van der Waals surface area contributed by atoms with Crippen LogP contribution in [0.15, 0.2) is 24.3 Å². The summed E-state index contributed by atoms with van der Waals surface area (Å²) in [6, 6.07) is 6.55. The molecule has 2 fully saturated rings. The molecule has 0 saturated carbocycles. The molecule has 2 unspecified atom stereocenters. The predicted molar refractivity (Wildman–Crippen MR) is 90.9 cm³/mol. The summed E-state index contributed by atoms with van der Waals surface area (Å²) in [7, 11) is 0. The fourth-order valence-corrected chi connectivity index (χ4v) is 4.19. The lowest BCUT2D eigenvalue weighted by molar-refractivity contribution is -0.127. The van der Waals surface area contributed by atoms with Crippen LogP contribution in [0.4, 0.5) is 4.39 Å². The molecular formula is C19H27FN2O2. The summed E-state index contributed by atoms with van der Waals surface area (Å²) >= 11 is 0.